The van der Waals surface area contributed by atoms with Crippen LogP contribution in [-0.2, 0) is 12.8 Å². The molecule has 0 bridgehead atoms. The van der Waals surface area contributed by atoms with E-state index in [0.29, 0.717) is 0 Å². The van der Waals surface area contributed by atoms with E-state index in [2.05, 4.69) is 57.7 Å². The normalized spacial score (nSPS) is 25.1. The summed E-state index contributed by atoms with van der Waals surface area (Å²) in [5, 5.41) is 0. The second kappa shape index (κ2) is 9.27. The molecule has 0 N–H and O–H groups in total. The van der Waals surface area contributed by atoms with Gasteiger partial charge >= 0.3 is 0 Å². The first-order chi connectivity index (χ1) is 16.3. The number of methoxy groups -OCH3 is 1. The minimum Gasteiger partial charge on any atom is -0.497 e. The number of piperazine rings is 1. The predicted octanol–water partition coefficient (Wildman–Crippen LogP) is 6.21. The van der Waals surface area contributed by atoms with Crippen LogP contribution in [0.3, 0.4) is 0 Å². The van der Waals surface area contributed by atoms with Crippen LogP contribution in [0.2, 0.25) is 0 Å². The number of aliphatic imine (C=N–C) groups is 1. The van der Waals surface area contributed by atoms with Gasteiger partial charge in [-0.1, -0.05) is 12.2 Å². The van der Waals surface area contributed by atoms with E-state index in [1.54, 1.807) is 16.9 Å². The highest BCUT2D eigenvalue weighted by Crippen LogP contribution is 2.42. The van der Waals surface area contributed by atoms with Gasteiger partial charge in [0, 0.05) is 54.3 Å². The zero-order chi connectivity index (χ0) is 22.2. The number of allylic oxidation sites excluding steroid dienone is 1. The molecule has 4 aliphatic rings. The molecule has 1 saturated carbocycles. The Hall–Kier alpha value is -2.11. The Bertz CT molecular complexity index is 1060. The number of fused-ring (bicyclic) bond motifs is 2. The van der Waals surface area contributed by atoms with Gasteiger partial charge in [0.15, 0.2) is 0 Å². The SMILES string of the molecule is COc1cc2c(c(N3CCN(C4CCC(c5cc6c(s5)CCC=C6)CC4)CC3)c1)N=CCC2. The van der Waals surface area contributed by atoms with Gasteiger partial charge in [0.05, 0.1) is 18.5 Å². The van der Waals surface area contributed by atoms with Crippen molar-refractivity contribution in [3.05, 3.63) is 45.2 Å². The van der Waals surface area contributed by atoms with E-state index in [4.69, 9.17) is 9.73 Å². The van der Waals surface area contributed by atoms with E-state index in [1.807, 2.05) is 0 Å². The summed E-state index contributed by atoms with van der Waals surface area (Å²) >= 11 is 2.10. The van der Waals surface area contributed by atoms with Crippen LogP contribution in [0, 0.1) is 0 Å². The lowest BCUT2D eigenvalue weighted by Crippen LogP contribution is -2.51. The number of benzene rings is 1. The molecule has 2 fully saturated rings. The van der Waals surface area contributed by atoms with E-state index in [9.17, 15) is 0 Å². The third kappa shape index (κ3) is 4.26. The molecular weight excluding hydrogens is 426 g/mol. The van der Waals surface area contributed by atoms with Crippen LogP contribution in [0.15, 0.2) is 29.3 Å². The lowest BCUT2D eigenvalue weighted by Gasteiger charge is -2.43. The second-order valence-corrected chi connectivity index (χ2v) is 11.2. The number of ether oxygens (including phenoxy) is 1. The average molecular weight is 462 g/mol. The zero-order valence-electron chi connectivity index (χ0n) is 19.8. The van der Waals surface area contributed by atoms with E-state index in [1.165, 1.54) is 61.0 Å². The minimum atomic E-state index is 0.759. The highest BCUT2D eigenvalue weighted by molar-refractivity contribution is 7.12. The number of anilines is 1. The molecule has 0 amide bonds. The minimum absolute atomic E-state index is 0.759. The number of rotatable bonds is 4. The lowest BCUT2D eigenvalue weighted by molar-refractivity contribution is 0.142. The molecule has 4 nitrogen and oxygen atoms in total. The number of aryl methyl sites for hydroxylation is 2. The van der Waals surface area contributed by atoms with Crippen LogP contribution >= 0.6 is 11.3 Å². The molecule has 2 aliphatic heterocycles. The molecule has 1 aromatic carbocycles. The first-order valence-electron chi connectivity index (χ1n) is 12.8. The molecule has 6 rings (SSSR count). The molecule has 2 aliphatic carbocycles. The van der Waals surface area contributed by atoms with E-state index in [-0.39, 0.29) is 0 Å². The number of thiophene rings is 1. The van der Waals surface area contributed by atoms with Gasteiger partial charge in [-0.05, 0) is 80.5 Å². The lowest BCUT2D eigenvalue weighted by atomic mass is 9.84. The smallest absolute Gasteiger partial charge is 0.121 e. The fourth-order valence-corrected chi connectivity index (χ4v) is 7.54. The first-order valence-corrected chi connectivity index (χ1v) is 13.6. The van der Waals surface area contributed by atoms with Crippen LogP contribution in [0.5, 0.6) is 5.75 Å². The van der Waals surface area contributed by atoms with E-state index < -0.39 is 0 Å². The summed E-state index contributed by atoms with van der Waals surface area (Å²) in [6.45, 7) is 4.48. The third-order valence-corrected chi connectivity index (χ3v) is 9.48. The Morgan fingerprint density at radius 1 is 0.970 bits per heavy atom. The summed E-state index contributed by atoms with van der Waals surface area (Å²) in [4.78, 5) is 13.4. The van der Waals surface area contributed by atoms with Crippen molar-refractivity contribution >= 4 is 35.0 Å². The molecule has 5 heteroatoms. The maximum Gasteiger partial charge on any atom is 0.121 e. The summed E-state index contributed by atoms with van der Waals surface area (Å²) in [6, 6.07) is 7.62. The number of nitrogens with zero attached hydrogens (tertiary/aromatic N) is 3. The Morgan fingerprint density at radius 2 is 1.82 bits per heavy atom. The van der Waals surface area contributed by atoms with Gasteiger partial charge < -0.3 is 9.64 Å². The van der Waals surface area contributed by atoms with E-state index in [0.717, 1.165) is 56.7 Å². The molecule has 2 aromatic rings. The van der Waals surface area contributed by atoms with Crippen molar-refractivity contribution < 1.29 is 4.74 Å². The monoisotopic (exact) mass is 461 g/mol. The summed E-state index contributed by atoms with van der Waals surface area (Å²) < 4.78 is 5.61. The van der Waals surface area contributed by atoms with E-state index >= 15 is 0 Å². The van der Waals surface area contributed by atoms with Crippen molar-refractivity contribution in [2.75, 3.05) is 38.2 Å². The molecule has 1 saturated heterocycles. The van der Waals surface area contributed by atoms with Gasteiger partial charge in [0.25, 0.3) is 0 Å². The molecule has 3 heterocycles. The van der Waals surface area contributed by atoms with Gasteiger partial charge in [0.2, 0.25) is 0 Å². The fourth-order valence-electron chi connectivity index (χ4n) is 6.20. The van der Waals surface area contributed by atoms with Crippen molar-refractivity contribution in [3.8, 4) is 5.75 Å². The predicted molar refractivity (Wildman–Crippen MR) is 140 cm³/mol. The maximum absolute atomic E-state index is 5.61. The third-order valence-electron chi connectivity index (χ3n) is 8.11. The van der Waals surface area contributed by atoms with Gasteiger partial charge in [-0.3, -0.25) is 9.89 Å². The topological polar surface area (TPSA) is 28.1 Å². The van der Waals surface area contributed by atoms with Crippen LogP contribution in [0.25, 0.3) is 6.08 Å². The van der Waals surface area contributed by atoms with Crippen molar-refractivity contribution in [3.63, 3.8) is 0 Å². The van der Waals surface area contributed by atoms with Crippen LogP contribution in [-0.4, -0.2) is 50.4 Å². The highest BCUT2D eigenvalue weighted by atomic mass is 32.1. The highest BCUT2D eigenvalue weighted by Gasteiger charge is 2.31. The van der Waals surface area contributed by atoms with Crippen LogP contribution in [0.4, 0.5) is 11.4 Å². The molecule has 174 valence electrons. The molecule has 33 heavy (non-hydrogen) atoms. The summed E-state index contributed by atoms with van der Waals surface area (Å²) in [5.41, 5.74) is 5.27. The van der Waals surface area contributed by atoms with Crippen molar-refractivity contribution in [2.45, 2.75) is 63.3 Å². The number of hydrogen-bond donors (Lipinski definition) is 0. The van der Waals surface area contributed by atoms with Crippen LogP contribution < -0.4 is 9.64 Å². The Balaban J connectivity index is 1.07. The van der Waals surface area contributed by atoms with Gasteiger partial charge in [-0.25, -0.2) is 0 Å². The van der Waals surface area contributed by atoms with Crippen LogP contribution in [0.1, 0.15) is 65.3 Å². The van der Waals surface area contributed by atoms with Crippen molar-refractivity contribution in [2.24, 2.45) is 4.99 Å². The second-order valence-electron chi connectivity index (χ2n) is 10.0. The summed E-state index contributed by atoms with van der Waals surface area (Å²) in [6.07, 6.45) is 16.7. The van der Waals surface area contributed by atoms with Gasteiger partial charge in [-0.15, -0.1) is 11.3 Å². The fraction of sp³-hybridized carbons (Fsp3) is 0.536. The standard InChI is InChI=1S/C28H35N3OS/c1-32-24-17-22-6-4-12-29-28(22)25(19-24)31-15-13-30(14-16-31)23-10-8-20(9-11-23)27-18-21-5-2-3-7-26(21)33-27/h2,5,12,17-20,23H,3-4,6-11,13-16H2,1H3. The van der Waals surface area contributed by atoms with Gasteiger partial charge in [0.1, 0.15) is 5.75 Å². The Morgan fingerprint density at radius 3 is 2.61 bits per heavy atom. The zero-order valence-corrected chi connectivity index (χ0v) is 20.6. The molecule has 0 atom stereocenters. The summed E-state index contributed by atoms with van der Waals surface area (Å²) in [7, 11) is 1.77. The quantitative estimate of drug-likeness (QED) is 0.542. The average Bonchev–Trinajstić information content (AvgIpc) is 3.33. The molecular formula is C28H35N3OS. The van der Waals surface area contributed by atoms with Crippen molar-refractivity contribution in [1.29, 1.82) is 0 Å². The first kappa shape index (κ1) is 21.4. The molecule has 0 radical (unpaired) electrons. The molecule has 1 aromatic heterocycles. The summed E-state index contributed by atoms with van der Waals surface area (Å²) in [5.74, 6) is 1.75. The largest absolute Gasteiger partial charge is 0.497 e. The molecule has 0 unspecified atom stereocenters. The van der Waals surface area contributed by atoms with Crippen molar-refractivity contribution in [1.82, 2.24) is 4.90 Å². The molecule has 0 spiro atoms. The number of hydrogen-bond acceptors (Lipinski definition) is 5. The van der Waals surface area contributed by atoms with Gasteiger partial charge in [-0.2, -0.15) is 0 Å². The maximum atomic E-state index is 5.61. The Labute approximate surface area is 202 Å². The Kier molecular flexibility index (Phi) is 6.02.